The van der Waals surface area contributed by atoms with Crippen molar-refractivity contribution in [3.8, 4) is 0 Å². The zero-order valence-electron chi connectivity index (χ0n) is 17.4. The molecule has 0 radical (unpaired) electrons. The Balaban J connectivity index is 0.00000320. The number of carbonyl (C=O) groups excluding carboxylic acids is 1. The molecule has 3 rings (SSSR count). The average Bonchev–Trinajstić information content (AvgIpc) is 3.14. The summed E-state index contributed by atoms with van der Waals surface area (Å²) in [7, 11) is 0. The summed E-state index contributed by atoms with van der Waals surface area (Å²) < 4.78 is 14.4. The normalized spacial score (nSPS) is 11.0. The molecule has 2 aromatic carbocycles. The van der Waals surface area contributed by atoms with Crippen LogP contribution in [-0.2, 0) is 0 Å². The third kappa shape index (κ3) is 5.94. The van der Waals surface area contributed by atoms with Gasteiger partial charge in [0.25, 0.3) is 5.91 Å². The summed E-state index contributed by atoms with van der Waals surface area (Å²) in [6.07, 6.45) is 0. The Morgan fingerprint density at radius 1 is 1.10 bits per heavy atom. The van der Waals surface area contributed by atoms with Gasteiger partial charge in [0.1, 0.15) is 5.82 Å². The van der Waals surface area contributed by atoms with Crippen LogP contribution in [-0.4, -0.2) is 47.7 Å². The number of thiazole rings is 1. The number of aromatic nitrogens is 1. The van der Waals surface area contributed by atoms with Crippen LogP contribution in [0.25, 0.3) is 10.2 Å². The Morgan fingerprint density at radius 3 is 2.57 bits per heavy atom. The number of anilines is 1. The van der Waals surface area contributed by atoms with Gasteiger partial charge < -0.3 is 4.90 Å². The van der Waals surface area contributed by atoms with E-state index in [1.165, 1.54) is 23.5 Å². The number of hydrogen-bond acceptors (Lipinski definition) is 5. The predicted octanol–water partition coefficient (Wildman–Crippen LogP) is 5.96. The van der Waals surface area contributed by atoms with Crippen molar-refractivity contribution >= 4 is 56.8 Å². The van der Waals surface area contributed by atoms with E-state index >= 15 is 0 Å². The summed E-state index contributed by atoms with van der Waals surface area (Å²) >= 11 is 3.07. The lowest BCUT2D eigenvalue weighted by atomic mass is 10.2. The summed E-state index contributed by atoms with van der Waals surface area (Å²) in [4.78, 5) is 23.1. The maximum Gasteiger partial charge on any atom is 0.260 e. The van der Waals surface area contributed by atoms with Crippen LogP contribution in [0.2, 0.25) is 0 Å². The van der Waals surface area contributed by atoms with Crippen LogP contribution in [0.3, 0.4) is 0 Å². The number of fused-ring (bicyclic) bond motifs is 1. The largest absolute Gasteiger partial charge is 0.302 e. The van der Waals surface area contributed by atoms with Crippen LogP contribution in [0.1, 0.15) is 31.1 Å². The number of nitrogens with zero attached hydrogens (tertiary/aromatic N) is 3. The zero-order chi connectivity index (χ0) is 20.8. The minimum Gasteiger partial charge on any atom is -0.302 e. The maximum absolute atomic E-state index is 13.6. The fraction of sp³-hybridized carbons (Fsp3) is 0.364. The van der Waals surface area contributed by atoms with Crippen molar-refractivity contribution in [3.63, 3.8) is 0 Å². The quantitative estimate of drug-likeness (QED) is 0.364. The van der Waals surface area contributed by atoms with E-state index in [1.54, 1.807) is 22.7 Å². The van der Waals surface area contributed by atoms with E-state index in [9.17, 15) is 9.18 Å². The average molecular weight is 468 g/mol. The first kappa shape index (κ1) is 24.6. The van der Waals surface area contributed by atoms with Gasteiger partial charge in [-0.25, -0.2) is 9.37 Å². The second-order valence-electron chi connectivity index (χ2n) is 6.55. The van der Waals surface area contributed by atoms with Crippen molar-refractivity contribution in [1.82, 2.24) is 9.88 Å². The van der Waals surface area contributed by atoms with E-state index in [1.807, 2.05) is 24.3 Å². The molecule has 1 heterocycles. The van der Waals surface area contributed by atoms with Gasteiger partial charge in [0.05, 0.1) is 10.2 Å². The van der Waals surface area contributed by atoms with Gasteiger partial charge in [-0.2, -0.15) is 0 Å². The molecule has 8 heteroatoms. The van der Waals surface area contributed by atoms with Gasteiger partial charge in [-0.3, -0.25) is 9.69 Å². The molecular weight excluding hydrogens is 441 g/mol. The number of halogens is 2. The van der Waals surface area contributed by atoms with E-state index in [-0.39, 0.29) is 24.1 Å². The molecule has 0 saturated carbocycles. The minimum atomic E-state index is -0.294. The maximum atomic E-state index is 13.6. The molecule has 0 N–H and O–H groups in total. The van der Waals surface area contributed by atoms with Crippen molar-refractivity contribution in [1.29, 1.82) is 0 Å². The molecule has 4 nitrogen and oxygen atoms in total. The molecule has 0 aliphatic heterocycles. The fourth-order valence-electron chi connectivity index (χ4n) is 3.11. The first-order valence-electron chi connectivity index (χ1n) is 9.88. The molecule has 0 spiro atoms. The van der Waals surface area contributed by atoms with Crippen molar-refractivity contribution in [3.05, 3.63) is 53.8 Å². The van der Waals surface area contributed by atoms with Crippen molar-refractivity contribution < 1.29 is 9.18 Å². The lowest BCUT2D eigenvalue weighted by molar-refractivity contribution is 0.0983. The Morgan fingerprint density at radius 2 is 1.87 bits per heavy atom. The van der Waals surface area contributed by atoms with E-state index in [4.69, 9.17) is 0 Å². The number of thioether (sulfide) groups is 1. The van der Waals surface area contributed by atoms with Gasteiger partial charge in [0, 0.05) is 23.5 Å². The van der Waals surface area contributed by atoms with E-state index < -0.39 is 0 Å². The van der Waals surface area contributed by atoms with Gasteiger partial charge >= 0.3 is 0 Å². The standard InChI is InChI=1S/C22H26FN3OS2.ClH/c1-4-25(5-2)12-13-26(21(27)16-8-7-9-18(14-16)28-6-3)22-24-19-11-10-17(23)15-20(19)29-22;/h7-11,14-15H,4-6,12-13H2,1-3H3;1H. The predicted molar refractivity (Wildman–Crippen MR) is 129 cm³/mol. The third-order valence-corrected chi connectivity index (χ3v) is 6.66. The highest BCUT2D eigenvalue weighted by Crippen LogP contribution is 2.30. The molecule has 0 atom stereocenters. The smallest absolute Gasteiger partial charge is 0.260 e. The second-order valence-corrected chi connectivity index (χ2v) is 8.90. The molecule has 1 amide bonds. The van der Waals surface area contributed by atoms with Crippen LogP contribution < -0.4 is 4.90 Å². The highest BCUT2D eigenvalue weighted by molar-refractivity contribution is 7.99. The van der Waals surface area contributed by atoms with Crippen molar-refractivity contribution in [2.75, 3.05) is 36.8 Å². The van der Waals surface area contributed by atoms with Gasteiger partial charge in [0.15, 0.2) is 5.13 Å². The highest BCUT2D eigenvalue weighted by atomic mass is 35.5. The number of carbonyl (C=O) groups is 1. The molecule has 0 bridgehead atoms. The van der Waals surface area contributed by atoms with Crippen LogP contribution in [0.5, 0.6) is 0 Å². The molecule has 0 aliphatic rings. The lowest BCUT2D eigenvalue weighted by Gasteiger charge is -2.25. The summed E-state index contributed by atoms with van der Waals surface area (Å²) in [6.45, 7) is 9.46. The van der Waals surface area contributed by atoms with E-state index in [0.29, 0.717) is 22.8 Å². The first-order chi connectivity index (χ1) is 14.0. The topological polar surface area (TPSA) is 36.4 Å². The Kier molecular flexibility index (Phi) is 9.55. The lowest BCUT2D eigenvalue weighted by Crippen LogP contribution is -2.38. The SMILES string of the molecule is CCSc1cccc(C(=O)N(CCN(CC)CC)c2nc3ccc(F)cc3s2)c1.Cl. The Labute approximate surface area is 191 Å². The summed E-state index contributed by atoms with van der Waals surface area (Å²) in [5, 5.41) is 0.608. The molecule has 30 heavy (non-hydrogen) atoms. The van der Waals surface area contributed by atoms with E-state index in [0.717, 1.165) is 35.0 Å². The number of hydrogen-bond donors (Lipinski definition) is 0. The summed E-state index contributed by atoms with van der Waals surface area (Å²) in [6, 6.07) is 12.3. The molecule has 0 unspecified atom stereocenters. The molecule has 0 fully saturated rings. The van der Waals surface area contributed by atoms with Crippen LogP contribution in [0.4, 0.5) is 9.52 Å². The van der Waals surface area contributed by atoms with Gasteiger partial charge in [-0.05, 0) is 55.2 Å². The molecular formula is C22H27ClFN3OS2. The van der Waals surface area contributed by atoms with Crippen LogP contribution in [0.15, 0.2) is 47.4 Å². The number of benzene rings is 2. The Hall–Kier alpha value is -1.67. The second kappa shape index (κ2) is 11.6. The zero-order valence-corrected chi connectivity index (χ0v) is 19.9. The molecule has 3 aromatic rings. The molecule has 1 aromatic heterocycles. The number of likely N-dealkylation sites (N-methyl/N-ethyl adjacent to an activating group) is 1. The van der Waals surface area contributed by atoms with Gasteiger partial charge in [-0.1, -0.05) is 38.2 Å². The monoisotopic (exact) mass is 467 g/mol. The Bertz CT molecular complexity index is 978. The van der Waals surface area contributed by atoms with Crippen molar-refractivity contribution in [2.45, 2.75) is 25.7 Å². The summed E-state index contributed by atoms with van der Waals surface area (Å²) in [5.41, 5.74) is 1.36. The number of rotatable bonds is 9. The van der Waals surface area contributed by atoms with Gasteiger partial charge in [0.2, 0.25) is 0 Å². The first-order valence-corrected chi connectivity index (χ1v) is 11.7. The van der Waals surface area contributed by atoms with Crippen molar-refractivity contribution in [2.24, 2.45) is 0 Å². The minimum absolute atomic E-state index is 0. The number of amides is 1. The van der Waals surface area contributed by atoms with Crippen LogP contribution >= 0.6 is 35.5 Å². The third-order valence-electron chi connectivity index (χ3n) is 4.74. The molecule has 162 valence electrons. The van der Waals surface area contributed by atoms with Gasteiger partial charge in [-0.15, -0.1) is 24.2 Å². The molecule has 0 aliphatic carbocycles. The fourth-order valence-corrected chi connectivity index (χ4v) is 4.84. The van der Waals surface area contributed by atoms with E-state index in [2.05, 4.69) is 30.7 Å². The van der Waals surface area contributed by atoms with Crippen LogP contribution in [0, 0.1) is 5.82 Å². The summed E-state index contributed by atoms with van der Waals surface area (Å²) in [5.74, 6) is 0.584. The molecule has 0 saturated heterocycles. The highest BCUT2D eigenvalue weighted by Gasteiger charge is 2.22.